The van der Waals surface area contributed by atoms with E-state index in [0.717, 1.165) is 0 Å². The molecule has 1 aromatic heterocycles. The zero-order chi connectivity index (χ0) is 22.5. The fraction of sp³-hybridized carbons (Fsp3) is 0.476. The predicted octanol–water partition coefficient (Wildman–Crippen LogP) is 0.563. The number of aromatic nitrogens is 2. The lowest BCUT2D eigenvalue weighted by Crippen LogP contribution is -2.57. The summed E-state index contributed by atoms with van der Waals surface area (Å²) in [6, 6.07) is 7.89. The molecule has 2 aliphatic rings. The molecule has 4 rings (SSSR count). The van der Waals surface area contributed by atoms with E-state index in [9.17, 15) is 15.0 Å². The van der Waals surface area contributed by atoms with Crippen LogP contribution in [0.4, 0.5) is 16.4 Å². The first-order valence-electron chi connectivity index (χ1n) is 10.6. The van der Waals surface area contributed by atoms with Crippen LogP contribution in [0, 0.1) is 0 Å². The highest BCUT2D eigenvalue weighted by Gasteiger charge is 2.46. The Morgan fingerprint density at radius 1 is 1.16 bits per heavy atom. The Bertz CT molecular complexity index is 899. The molecule has 1 aromatic carbocycles. The standard InChI is InChI=1S/C21H27ClN6O4/c22-14-3-1-4-15(11-14)26-21(31)25-12-16-18(19(30)17(13-29)32-16)27-7-9-28(10-8-27)20-23-5-2-6-24-20/h1-6,11,16-19,29-30H,7-10,12-13H2,(H2,25,26,31)/t16-,17+,18+,19-/m1/s1. The molecule has 4 N–H and O–H groups in total. The van der Waals surface area contributed by atoms with Crippen molar-refractivity contribution in [1.29, 1.82) is 0 Å². The van der Waals surface area contributed by atoms with Gasteiger partial charge in [0, 0.05) is 55.8 Å². The van der Waals surface area contributed by atoms with Crippen LogP contribution < -0.4 is 15.5 Å². The van der Waals surface area contributed by atoms with E-state index >= 15 is 0 Å². The minimum atomic E-state index is -0.859. The highest BCUT2D eigenvalue weighted by molar-refractivity contribution is 6.30. The largest absolute Gasteiger partial charge is 0.394 e. The van der Waals surface area contributed by atoms with Crippen molar-refractivity contribution >= 4 is 29.3 Å². The maximum Gasteiger partial charge on any atom is 0.319 e. The maximum absolute atomic E-state index is 12.3. The van der Waals surface area contributed by atoms with Crippen LogP contribution >= 0.6 is 11.6 Å². The average Bonchev–Trinajstić information content (AvgIpc) is 3.13. The number of halogens is 1. The summed E-state index contributed by atoms with van der Waals surface area (Å²) in [5.41, 5.74) is 0.575. The number of amides is 2. The van der Waals surface area contributed by atoms with Crippen LogP contribution in [0.1, 0.15) is 0 Å². The number of hydrogen-bond donors (Lipinski definition) is 4. The Hall–Kier alpha value is -2.50. The van der Waals surface area contributed by atoms with Gasteiger partial charge in [0.25, 0.3) is 0 Å². The second-order valence-corrected chi connectivity index (χ2v) is 8.23. The summed E-state index contributed by atoms with van der Waals surface area (Å²) in [6.07, 6.45) is 1.41. The van der Waals surface area contributed by atoms with Crippen molar-refractivity contribution in [2.75, 3.05) is 49.5 Å². The number of nitrogens with one attached hydrogen (secondary N) is 2. The smallest absolute Gasteiger partial charge is 0.319 e. The molecular formula is C21H27ClN6O4. The quantitative estimate of drug-likeness (QED) is 0.491. The predicted molar refractivity (Wildman–Crippen MR) is 120 cm³/mol. The molecule has 32 heavy (non-hydrogen) atoms. The molecule has 2 fully saturated rings. The van der Waals surface area contributed by atoms with E-state index in [4.69, 9.17) is 16.3 Å². The van der Waals surface area contributed by atoms with E-state index in [1.54, 1.807) is 42.7 Å². The van der Waals surface area contributed by atoms with E-state index < -0.39 is 24.3 Å². The molecule has 3 heterocycles. The number of anilines is 2. The number of piperazine rings is 1. The van der Waals surface area contributed by atoms with Crippen LogP contribution in [-0.2, 0) is 4.74 Å². The van der Waals surface area contributed by atoms with Gasteiger partial charge in [0.05, 0.1) is 18.8 Å². The number of rotatable bonds is 6. The molecular weight excluding hydrogens is 436 g/mol. The van der Waals surface area contributed by atoms with Gasteiger partial charge in [0.15, 0.2) is 0 Å². The number of carbonyl (C=O) groups excluding carboxylic acids is 1. The molecule has 0 saturated carbocycles. The first-order chi connectivity index (χ1) is 15.5. The molecule has 0 unspecified atom stereocenters. The van der Waals surface area contributed by atoms with Crippen molar-refractivity contribution in [3.05, 3.63) is 47.7 Å². The van der Waals surface area contributed by atoms with Crippen molar-refractivity contribution in [3.63, 3.8) is 0 Å². The summed E-state index contributed by atoms with van der Waals surface area (Å²) in [5, 5.41) is 26.4. The molecule has 4 atom stereocenters. The van der Waals surface area contributed by atoms with Gasteiger partial charge in [0.1, 0.15) is 12.2 Å². The first kappa shape index (κ1) is 22.7. The number of aliphatic hydroxyl groups is 2. The minimum Gasteiger partial charge on any atom is -0.394 e. The Morgan fingerprint density at radius 3 is 2.59 bits per heavy atom. The number of ether oxygens (including phenoxy) is 1. The van der Waals surface area contributed by atoms with Gasteiger partial charge in [-0.25, -0.2) is 14.8 Å². The Balaban J connectivity index is 1.35. The van der Waals surface area contributed by atoms with Gasteiger partial charge < -0.3 is 30.5 Å². The fourth-order valence-electron chi connectivity index (χ4n) is 4.21. The highest BCUT2D eigenvalue weighted by atomic mass is 35.5. The highest BCUT2D eigenvalue weighted by Crippen LogP contribution is 2.27. The molecule has 172 valence electrons. The molecule has 10 nitrogen and oxygen atoms in total. The molecule has 2 saturated heterocycles. The molecule has 11 heteroatoms. The van der Waals surface area contributed by atoms with Crippen LogP contribution in [0.5, 0.6) is 0 Å². The van der Waals surface area contributed by atoms with Crippen LogP contribution in [0.15, 0.2) is 42.7 Å². The van der Waals surface area contributed by atoms with Crippen molar-refractivity contribution < 1.29 is 19.7 Å². The van der Waals surface area contributed by atoms with Crippen molar-refractivity contribution in [1.82, 2.24) is 20.2 Å². The van der Waals surface area contributed by atoms with Gasteiger partial charge in [-0.05, 0) is 24.3 Å². The van der Waals surface area contributed by atoms with Crippen LogP contribution in [-0.4, -0.2) is 94.8 Å². The average molecular weight is 463 g/mol. The fourth-order valence-corrected chi connectivity index (χ4v) is 4.40. The van der Waals surface area contributed by atoms with Crippen LogP contribution in [0.3, 0.4) is 0 Å². The summed E-state index contributed by atoms with van der Waals surface area (Å²) in [5.74, 6) is 0.680. The lowest BCUT2D eigenvalue weighted by molar-refractivity contribution is -0.0205. The van der Waals surface area contributed by atoms with E-state index in [1.165, 1.54) is 0 Å². The zero-order valence-corrected chi connectivity index (χ0v) is 18.2. The SMILES string of the molecule is O=C(NC[C@H]1O[C@@H](CO)[C@@H](O)[C@H]1N1CCN(c2ncccn2)CC1)Nc1cccc(Cl)c1. The van der Waals surface area contributed by atoms with Gasteiger partial charge in [-0.15, -0.1) is 0 Å². The van der Waals surface area contributed by atoms with E-state index in [0.29, 0.717) is 42.8 Å². The van der Waals surface area contributed by atoms with Gasteiger partial charge in [-0.2, -0.15) is 0 Å². The topological polar surface area (TPSA) is 123 Å². The zero-order valence-electron chi connectivity index (χ0n) is 17.5. The third-order valence-electron chi connectivity index (χ3n) is 5.76. The van der Waals surface area contributed by atoms with Gasteiger partial charge in [0.2, 0.25) is 5.95 Å². The van der Waals surface area contributed by atoms with Crippen molar-refractivity contribution in [2.24, 2.45) is 0 Å². The van der Waals surface area contributed by atoms with Gasteiger partial charge in [-0.3, -0.25) is 4.90 Å². The number of hydrogen-bond acceptors (Lipinski definition) is 8. The molecule has 0 aliphatic carbocycles. The Morgan fingerprint density at radius 2 is 1.91 bits per heavy atom. The summed E-state index contributed by atoms with van der Waals surface area (Å²) < 4.78 is 5.88. The number of nitrogens with zero attached hydrogens (tertiary/aromatic N) is 4. The van der Waals surface area contributed by atoms with Gasteiger partial charge >= 0.3 is 6.03 Å². The van der Waals surface area contributed by atoms with Crippen molar-refractivity contribution in [3.8, 4) is 0 Å². The minimum absolute atomic E-state index is 0.187. The Labute approximate surface area is 191 Å². The van der Waals surface area contributed by atoms with Crippen LogP contribution in [0.25, 0.3) is 0 Å². The molecule has 0 radical (unpaired) electrons. The summed E-state index contributed by atoms with van der Waals surface area (Å²) >= 11 is 5.95. The first-order valence-corrected chi connectivity index (χ1v) is 10.9. The Kier molecular flexibility index (Phi) is 7.38. The summed E-state index contributed by atoms with van der Waals surface area (Å²) in [7, 11) is 0. The number of urea groups is 1. The molecule has 0 bridgehead atoms. The maximum atomic E-state index is 12.3. The summed E-state index contributed by atoms with van der Waals surface area (Å²) in [6.45, 7) is 2.64. The normalized spacial score (nSPS) is 26.2. The third kappa shape index (κ3) is 5.28. The monoisotopic (exact) mass is 462 g/mol. The van der Waals surface area contributed by atoms with E-state index in [2.05, 4.69) is 30.4 Å². The number of carbonyl (C=O) groups is 1. The molecule has 2 aliphatic heterocycles. The van der Waals surface area contributed by atoms with Crippen LogP contribution in [0.2, 0.25) is 5.02 Å². The van der Waals surface area contributed by atoms with E-state index in [-0.39, 0.29) is 19.2 Å². The molecule has 0 spiro atoms. The second kappa shape index (κ2) is 10.4. The lowest BCUT2D eigenvalue weighted by atomic mass is 10.0. The molecule has 2 amide bonds. The second-order valence-electron chi connectivity index (χ2n) is 7.79. The summed E-state index contributed by atoms with van der Waals surface area (Å²) in [4.78, 5) is 25.2. The van der Waals surface area contributed by atoms with E-state index in [1.807, 2.05) is 0 Å². The number of benzene rings is 1. The molecule has 2 aromatic rings. The lowest BCUT2D eigenvalue weighted by Gasteiger charge is -2.40. The number of aliphatic hydroxyl groups excluding tert-OH is 2. The van der Waals surface area contributed by atoms with Crippen molar-refractivity contribution in [2.45, 2.75) is 24.4 Å². The third-order valence-corrected chi connectivity index (χ3v) is 5.99. The van der Waals surface area contributed by atoms with Gasteiger partial charge in [-0.1, -0.05) is 17.7 Å².